The van der Waals surface area contributed by atoms with E-state index in [0.29, 0.717) is 22.4 Å². The molecular weight excluding hydrogens is 400 g/mol. The van der Waals surface area contributed by atoms with Crippen LogP contribution in [0.15, 0.2) is 77.6 Å². The number of rotatable bonds is 5. The van der Waals surface area contributed by atoms with E-state index >= 15 is 0 Å². The van der Waals surface area contributed by atoms with Gasteiger partial charge in [0.1, 0.15) is 17.1 Å². The zero-order valence-electron chi connectivity index (χ0n) is 16.1. The monoisotopic (exact) mass is 418 g/mol. The second kappa shape index (κ2) is 7.00. The van der Waals surface area contributed by atoms with Crippen molar-refractivity contribution in [3.63, 3.8) is 0 Å². The molecule has 5 rings (SSSR count). The third kappa shape index (κ3) is 3.53. The third-order valence-corrected chi connectivity index (χ3v) is 6.05. The average molecular weight is 418 g/mol. The molecule has 3 heterocycles. The predicted molar refractivity (Wildman–Crippen MR) is 116 cm³/mol. The topological polar surface area (TPSA) is 89.5 Å². The van der Waals surface area contributed by atoms with Gasteiger partial charge in [0.05, 0.1) is 5.69 Å². The maximum absolute atomic E-state index is 12.6. The fourth-order valence-electron chi connectivity index (χ4n) is 3.37. The molecule has 0 bridgehead atoms. The summed E-state index contributed by atoms with van der Waals surface area (Å²) < 4.78 is 35.0. The van der Waals surface area contributed by atoms with E-state index in [1.54, 1.807) is 24.3 Å². The van der Waals surface area contributed by atoms with Gasteiger partial charge in [0, 0.05) is 29.0 Å². The second-order valence-corrected chi connectivity index (χ2v) is 8.88. The van der Waals surface area contributed by atoms with Crippen molar-refractivity contribution in [2.24, 2.45) is 0 Å². The highest BCUT2D eigenvalue weighted by molar-refractivity contribution is 7.91. The van der Waals surface area contributed by atoms with E-state index in [0.717, 1.165) is 22.5 Å². The first-order valence-corrected chi connectivity index (χ1v) is 11.0. The number of imidazole rings is 1. The molecule has 0 spiro atoms. The zero-order chi connectivity index (χ0) is 20.7. The molecule has 0 amide bonds. The van der Waals surface area contributed by atoms with Gasteiger partial charge in [0.2, 0.25) is 10.0 Å². The molecule has 0 saturated carbocycles. The molecule has 0 saturated heterocycles. The standard InChI is InChI=1S/C22H18N4O3S/c1-15-10-11-26-13-19(23-22(26)12-15)16-6-8-17(9-7-16)25-30(27,28)14-20-18-4-2-3-5-21(18)29-24-20/h2-13,25H,14H2,1H3. The minimum Gasteiger partial charge on any atom is -0.356 e. The van der Waals surface area contributed by atoms with Crippen molar-refractivity contribution in [2.75, 3.05) is 4.72 Å². The van der Waals surface area contributed by atoms with E-state index in [1.807, 2.05) is 60.1 Å². The summed E-state index contributed by atoms with van der Waals surface area (Å²) in [4.78, 5) is 4.63. The summed E-state index contributed by atoms with van der Waals surface area (Å²) in [5.41, 5.74) is 5.17. The molecule has 0 aliphatic carbocycles. The second-order valence-electron chi connectivity index (χ2n) is 7.16. The maximum Gasteiger partial charge on any atom is 0.238 e. The van der Waals surface area contributed by atoms with Gasteiger partial charge < -0.3 is 8.92 Å². The number of aromatic nitrogens is 3. The Morgan fingerprint density at radius 1 is 1.07 bits per heavy atom. The van der Waals surface area contributed by atoms with Gasteiger partial charge in [0.25, 0.3) is 0 Å². The summed E-state index contributed by atoms with van der Waals surface area (Å²) in [6.07, 6.45) is 3.92. The number of hydrogen-bond acceptors (Lipinski definition) is 5. The van der Waals surface area contributed by atoms with Crippen molar-refractivity contribution < 1.29 is 12.9 Å². The lowest BCUT2D eigenvalue weighted by Crippen LogP contribution is -2.15. The Hall–Kier alpha value is -3.65. The highest BCUT2D eigenvalue weighted by atomic mass is 32.2. The Kier molecular flexibility index (Phi) is 4.29. The van der Waals surface area contributed by atoms with Crippen LogP contribution in [0.4, 0.5) is 5.69 Å². The molecule has 0 fully saturated rings. The molecule has 0 aliphatic heterocycles. The highest BCUT2D eigenvalue weighted by Gasteiger charge is 2.17. The van der Waals surface area contributed by atoms with Gasteiger partial charge in [-0.1, -0.05) is 29.4 Å². The Bertz CT molecular complexity index is 1470. The number of nitrogens with zero attached hydrogens (tertiary/aromatic N) is 3. The molecule has 0 aliphatic rings. The van der Waals surface area contributed by atoms with Crippen LogP contribution in [0, 0.1) is 6.92 Å². The van der Waals surface area contributed by atoms with Crippen LogP contribution in [-0.4, -0.2) is 23.0 Å². The fourth-order valence-corrected chi connectivity index (χ4v) is 4.51. The number of fused-ring (bicyclic) bond motifs is 2. The molecule has 1 N–H and O–H groups in total. The number of benzene rings is 2. The summed E-state index contributed by atoms with van der Waals surface area (Å²) >= 11 is 0. The van der Waals surface area contributed by atoms with Gasteiger partial charge in [0.15, 0.2) is 5.58 Å². The minimum atomic E-state index is -3.64. The number of hydrogen-bond donors (Lipinski definition) is 1. The zero-order valence-corrected chi connectivity index (χ0v) is 16.9. The van der Waals surface area contributed by atoms with Crippen LogP contribution >= 0.6 is 0 Å². The van der Waals surface area contributed by atoms with E-state index in [-0.39, 0.29) is 5.75 Å². The van der Waals surface area contributed by atoms with Crippen molar-refractivity contribution in [3.8, 4) is 11.3 Å². The number of anilines is 1. The highest BCUT2D eigenvalue weighted by Crippen LogP contribution is 2.24. The number of nitrogens with one attached hydrogen (secondary N) is 1. The van der Waals surface area contributed by atoms with E-state index in [4.69, 9.17) is 4.52 Å². The quantitative estimate of drug-likeness (QED) is 0.457. The molecule has 150 valence electrons. The van der Waals surface area contributed by atoms with Crippen molar-refractivity contribution in [2.45, 2.75) is 12.7 Å². The van der Waals surface area contributed by atoms with E-state index in [1.165, 1.54) is 0 Å². The number of aryl methyl sites for hydroxylation is 1. The van der Waals surface area contributed by atoms with Crippen molar-refractivity contribution in [3.05, 3.63) is 84.3 Å². The Morgan fingerprint density at radius 2 is 1.87 bits per heavy atom. The van der Waals surface area contributed by atoms with Crippen LogP contribution in [0.1, 0.15) is 11.3 Å². The molecule has 2 aromatic carbocycles. The number of sulfonamides is 1. The van der Waals surface area contributed by atoms with Crippen molar-refractivity contribution in [1.29, 1.82) is 0 Å². The first-order chi connectivity index (χ1) is 14.5. The molecule has 0 atom stereocenters. The first-order valence-electron chi connectivity index (χ1n) is 9.36. The molecule has 3 aromatic heterocycles. The smallest absolute Gasteiger partial charge is 0.238 e. The van der Waals surface area contributed by atoms with E-state index in [9.17, 15) is 8.42 Å². The normalized spacial score (nSPS) is 11.9. The van der Waals surface area contributed by atoms with Crippen LogP contribution in [0.25, 0.3) is 27.9 Å². The Morgan fingerprint density at radius 3 is 2.70 bits per heavy atom. The molecule has 30 heavy (non-hydrogen) atoms. The number of pyridine rings is 1. The average Bonchev–Trinajstić information content (AvgIpc) is 3.32. The summed E-state index contributed by atoms with van der Waals surface area (Å²) in [5.74, 6) is -0.266. The third-order valence-electron chi connectivity index (χ3n) is 4.85. The van der Waals surface area contributed by atoms with Crippen LogP contribution in [0.2, 0.25) is 0 Å². The van der Waals surface area contributed by atoms with Gasteiger partial charge in [-0.2, -0.15) is 0 Å². The van der Waals surface area contributed by atoms with Gasteiger partial charge in [-0.15, -0.1) is 0 Å². The Labute approximate surface area is 173 Å². The summed E-state index contributed by atoms with van der Waals surface area (Å²) in [6, 6.07) is 18.4. The van der Waals surface area contributed by atoms with Crippen LogP contribution in [0.3, 0.4) is 0 Å². The Balaban J connectivity index is 1.35. The predicted octanol–water partition coefficient (Wildman–Crippen LogP) is 4.39. The summed E-state index contributed by atoms with van der Waals surface area (Å²) in [6.45, 7) is 2.02. The van der Waals surface area contributed by atoms with E-state index in [2.05, 4.69) is 14.9 Å². The van der Waals surface area contributed by atoms with Crippen LogP contribution < -0.4 is 4.72 Å². The lowest BCUT2D eigenvalue weighted by atomic mass is 10.1. The van der Waals surface area contributed by atoms with Crippen LogP contribution in [-0.2, 0) is 15.8 Å². The summed E-state index contributed by atoms with van der Waals surface area (Å²) in [7, 11) is -3.64. The molecule has 5 aromatic rings. The maximum atomic E-state index is 12.6. The molecular formula is C22H18N4O3S. The van der Waals surface area contributed by atoms with Gasteiger partial charge in [-0.05, 0) is 48.9 Å². The molecule has 7 nitrogen and oxygen atoms in total. The SMILES string of the molecule is Cc1ccn2cc(-c3ccc(NS(=O)(=O)Cc4noc5ccccc45)cc3)nc2c1. The molecule has 0 radical (unpaired) electrons. The van der Waals surface area contributed by atoms with Crippen molar-refractivity contribution in [1.82, 2.24) is 14.5 Å². The van der Waals surface area contributed by atoms with Gasteiger partial charge in [-0.25, -0.2) is 13.4 Å². The van der Waals surface area contributed by atoms with E-state index < -0.39 is 10.0 Å². The van der Waals surface area contributed by atoms with Crippen LogP contribution in [0.5, 0.6) is 0 Å². The van der Waals surface area contributed by atoms with Gasteiger partial charge in [-0.3, -0.25) is 4.72 Å². The fraction of sp³-hybridized carbons (Fsp3) is 0.0909. The van der Waals surface area contributed by atoms with Gasteiger partial charge >= 0.3 is 0 Å². The summed E-state index contributed by atoms with van der Waals surface area (Å²) in [5, 5.41) is 4.59. The largest absolute Gasteiger partial charge is 0.356 e. The van der Waals surface area contributed by atoms with Crippen molar-refractivity contribution >= 4 is 32.3 Å². The lowest BCUT2D eigenvalue weighted by Gasteiger charge is -2.07. The molecule has 8 heteroatoms. The molecule has 0 unspecified atom stereocenters. The first kappa shape index (κ1) is 18.4. The number of para-hydroxylation sites is 1. The lowest BCUT2D eigenvalue weighted by molar-refractivity contribution is 0.448. The minimum absolute atomic E-state index is 0.266.